The molecule has 174 valence electrons. The van der Waals surface area contributed by atoms with E-state index in [1.807, 2.05) is 39.0 Å². The maximum absolute atomic E-state index is 12.9. The SMILES string of the molecule is CC(C)(C)c1nnc(-c2ccc3c(c2)N(Cc2ccc(OC(F)(F)F)cc2)C(=O)CCS3)o1. The fourth-order valence-electron chi connectivity index (χ4n) is 3.30. The smallest absolute Gasteiger partial charge is 0.420 e. The van der Waals surface area contributed by atoms with Gasteiger partial charge in [-0.3, -0.25) is 4.79 Å². The van der Waals surface area contributed by atoms with Crippen LogP contribution in [0.2, 0.25) is 0 Å². The Morgan fingerprint density at radius 3 is 2.45 bits per heavy atom. The van der Waals surface area contributed by atoms with E-state index >= 15 is 0 Å². The average molecular weight is 478 g/mol. The number of hydrogen-bond acceptors (Lipinski definition) is 6. The van der Waals surface area contributed by atoms with E-state index in [2.05, 4.69) is 14.9 Å². The molecular weight excluding hydrogens is 455 g/mol. The molecule has 1 aromatic heterocycles. The number of nitrogens with zero attached hydrogens (tertiary/aromatic N) is 3. The second-order valence-corrected chi connectivity index (χ2v) is 9.75. The Kier molecular flexibility index (Phi) is 6.13. The van der Waals surface area contributed by atoms with Gasteiger partial charge in [-0.1, -0.05) is 32.9 Å². The summed E-state index contributed by atoms with van der Waals surface area (Å²) in [6.07, 6.45) is -4.41. The Bertz CT molecular complexity index is 1150. The molecule has 33 heavy (non-hydrogen) atoms. The molecule has 4 rings (SSSR count). The number of hydrogen-bond donors (Lipinski definition) is 0. The predicted molar refractivity (Wildman–Crippen MR) is 118 cm³/mol. The van der Waals surface area contributed by atoms with Crippen molar-refractivity contribution >= 4 is 23.4 Å². The van der Waals surface area contributed by atoms with Crippen LogP contribution in [-0.4, -0.2) is 28.2 Å². The third kappa shape index (κ3) is 5.50. The molecule has 0 radical (unpaired) electrons. The van der Waals surface area contributed by atoms with E-state index < -0.39 is 6.36 Å². The van der Waals surface area contributed by atoms with Gasteiger partial charge in [0.05, 0.1) is 12.2 Å². The van der Waals surface area contributed by atoms with E-state index in [-0.39, 0.29) is 23.6 Å². The average Bonchev–Trinajstić information content (AvgIpc) is 3.18. The van der Waals surface area contributed by atoms with Gasteiger partial charge in [-0.25, -0.2) is 0 Å². The maximum atomic E-state index is 12.9. The van der Waals surface area contributed by atoms with Crippen molar-refractivity contribution in [2.24, 2.45) is 0 Å². The quantitative estimate of drug-likeness (QED) is 0.462. The van der Waals surface area contributed by atoms with E-state index in [9.17, 15) is 18.0 Å². The molecule has 6 nitrogen and oxygen atoms in total. The standard InChI is InChI=1S/C23H22F3N3O3S/c1-22(2,3)21-28-27-20(31-21)15-6-9-18-17(12-15)29(19(30)10-11-33-18)13-14-4-7-16(8-5-14)32-23(24,25)26/h4-9,12H,10-11,13H2,1-3H3. The molecular formula is C23H22F3N3O3S. The summed E-state index contributed by atoms with van der Waals surface area (Å²) >= 11 is 1.58. The van der Waals surface area contributed by atoms with Crippen molar-refractivity contribution in [3.8, 4) is 17.2 Å². The molecule has 0 atom stereocenters. The summed E-state index contributed by atoms with van der Waals surface area (Å²) in [6.45, 7) is 6.13. The first-order valence-electron chi connectivity index (χ1n) is 10.3. The highest BCUT2D eigenvalue weighted by molar-refractivity contribution is 7.99. The lowest BCUT2D eigenvalue weighted by atomic mass is 9.97. The zero-order valence-electron chi connectivity index (χ0n) is 18.3. The van der Waals surface area contributed by atoms with Gasteiger partial charge in [0.1, 0.15) is 5.75 Å². The third-order valence-corrected chi connectivity index (χ3v) is 6.00. The van der Waals surface area contributed by atoms with Crippen LogP contribution in [0.25, 0.3) is 11.5 Å². The lowest BCUT2D eigenvalue weighted by Gasteiger charge is -2.23. The Balaban J connectivity index is 1.64. The summed E-state index contributed by atoms with van der Waals surface area (Å²) in [5.74, 6) is 1.12. The highest BCUT2D eigenvalue weighted by Gasteiger charge is 2.31. The van der Waals surface area contributed by atoms with Crippen LogP contribution >= 0.6 is 11.8 Å². The number of alkyl halides is 3. The molecule has 2 heterocycles. The summed E-state index contributed by atoms with van der Waals surface area (Å²) < 4.78 is 47.1. The molecule has 0 saturated carbocycles. The summed E-state index contributed by atoms with van der Waals surface area (Å²) in [5, 5.41) is 8.29. The van der Waals surface area contributed by atoms with Crippen LogP contribution in [0.4, 0.5) is 18.9 Å². The van der Waals surface area contributed by atoms with Gasteiger partial charge < -0.3 is 14.1 Å². The van der Waals surface area contributed by atoms with Gasteiger partial charge in [-0.2, -0.15) is 0 Å². The molecule has 0 bridgehead atoms. The van der Waals surface area contributed by atoms with E-state index in [0.29, 0.717) is 40.8 Å². The molecule has 10 heteroatoms. The highest BCUT2D eigenvalue weighted by Crippen LogP contribution is 2.38. The number of rotatable bonds is 4. The molecule has 3 aromatic rings. The molecule has 0 saturated heterocycles. The zero-order valence-corrected chi connectivity index (χ0v) is 19.1. The van der Waals surface area contributed by atoms with Crippen molar-refractivity contribution in [3.05, 3.63) is 53.9 Å². The van der Waals surface area contributed by atoms with Crippen molar-refractivity contribution in [1.29, 1.82) is 0 Å². The largest absolute Gasteiger partial charge is 0.573 e. The molecule has 0 spiro atoms. The second kappa shape index (κ2) is 8.74. The molecule has 1 aliphatic rings. The van der Waals surface area contributed by atoms with Crippen LogP contribution in [-0.2, 0) is 16.8 Å². The number of benzene rings is 2. The molecule has 2 aromatic carbocycles. The van der Waals surface area contributed by atoms with Gasteiger partial charge in [0.2, 0.25) is 17.7 Å². The van der Waals surface area contributed by atoms with Crippen LogP contribution in [0, 0.1) is 0 Å². The Morgan fingerprint density at radius 1 is 1.09 bits per heavy atom. The summed E-state index contributed by atoms with van der Waals surface area (Å²) in [6, 6.07) is 11.2. The van der Waals surface area contributed by atoms with E-state index in [1.165, 1.54) is 24.3 Å². The van der Waals surface area contributed by atoms with Gasteiger partial charge in [0.25, 0.3) is 0 Å². The van der Waals surface area contributed by atoms with Gasteiger partial charge in [-0.05, 0) is 35.9 Å². The van der Waals surface area contributed by atoms with Crippen LogP contribution < -0.4 is 9.64 Å². The van der Waals surface area contributed by atoms with Crippen molar-refractivity contribution in [3.63, 3.8) is 0 Å². The van der Waals surface area contributed by atoms with Crippen molar-refractivity contribution in [2.75, 3.05) is 10.7 Å². The van der Waals surface area contributed by atoms with Crippen LogP contribution in [0.5, 0.6) is 5.75 Å². The van der Waals surface area contributed by atoms with Gasteiger partial charge in [0, 0.05) is 28.0 Å². The van der Waals surface area contributed by atoms with E-state index in [0.717, 1.165) is 4.90 Å². The number of aromatic nitrogens is 2. The molecule has 0 fully saturated rings. The van der Waals surface area contributed by atoms with Crippen molar-refractivity contribution in [2.45, 2.75) is 50.4 Å². The molecule has 0 unspecified atom stereocenters. The number of ether oxygens (including phenoxy) is 1. The van der Waals surface area contributed by atoms with Gasteiger partial charge in [0.15, 0.2) is 0 Å². The number of halogens is 3. The normalized spacial score (nSPS) is 14.7. The fourth-order valence-corrected chi connectivity index (χ4v) is 4.27. The first kappa shape index (κ1) is 23.2. The lowest BCUT2D eigenvalue weighted by Crippen LogP contribution is -2.30. The number of carbonyl (C=O) groups excluding carboxylic acids is 1. The summed E-state index contributed by atoms with van der Waals surface area (Å²) in [4.78, 5) is 15.5. The minimum atomic E-state index is -4.75. The minimum Gasteiger partial charge on any atom is -0.420 e. The monoisotopic (exact) mass is 477 g/mol. The lowest BCUT2D eigenvalue weighted by molar-refractivity contribution is -0.274. The maximum Gasteiger partial charge on any atom is 0.573 e. The van der Waals surface area contributed by atoms with E-state index in [1.54, 1.807) is 16.7 Å². The Labute approximate surface area is 193 Å². The number of anilines is 1. The van der Waals surface area contributed by atoms with Crippen molar-refractivity contribution in [1.82, 2.24) is 10.2 Å². The fraction of sp³-hybridized carbons (Fsp3) is 0.348. The zero-order chi connectivity index (χ0) is 23.8. The molecule has 1 aliphatic heterocycles. The summed E-state index contributed by atoms with van der Waals surface area (Å²) in [7, 11) is 0. The molecule has 0 aliphatic carbocycles. The predicted octanol–water partition coefficient (Wildman–Crippen LogP) is 5.96. The van der Waals surface area contributed by atoms with E-state index in [4.69, 9.17) is 4.42 Å². The topological polar surface area (TPSA) is 68.5 Å². The Morgan fingerprint density at radius 2 is 1.82 bits per heavy atom. The molecule has 0 N–H and O–H groups in total. The molecule has 1 amide bonds. The highest BCUT2D eigenvalue weighted by atomic mass is 32.2. The first-order valence-corrected chi connectivity index (χ1v) is 11.2. The number of thioether (sulfide) groups is 1. The first-order chi connectivity index (χ1) is 15.5. The number of carbonyl (C=O) groups is 1. The van der Waals surface area contributed by atoms with Crippen LogP contribution in [0.1, 0.15) is 38.6 Å². The van der Waals surface area contributed by atoms with Gasteiger partial charge in [-0.15, -0.1) is 35.1 Å². The number of amides is 1. The van der Waals surface area contributed by atoms with Gasteiger partial charge >= 0.3 is 6.36 Å². The number of fused-ring (bicyclic) bond motifs is 1. The van der Waals surface area contributed by atoms with Crippen LogP contribution in [0.3, 0.4) is 0 Å². The minimum absolute atomic E-state index is 0.0741. The second-order valence-electron chi connectivity index (χ2n) is 8.61. The van der Waals surface area contributed by atoms with Crippen molar-refractivity contribution < 1.29 is 27.1 Å². The van der Waals surface area contributed by atoms with Crippen LogP contribution in [0.15, 0.2) is 51.8 Å². The Hall–Kier alpha value is -3.01. The third-order valence-electron chi connectivity index (χ3n) is 4.94. The summed E-state index contributed by atoms with van der Waals surface area (Å²) in [5.41, 5.74) is 1.77.